The maximum Gasteiger partial charge on any atom is 0.306 e. The monoisotopic (exact) mass is 342 g/mol. The van der Waals surface area contributed by atoms with Crippen molar-refractivity contribution < 1.29 is 14.6 Å². The summed E-state index contributed by atoms with van der Waals surface area (Å²) in [7, 11) is 0. The third-order valence-electron chi connectivity index (χ3n) is 3.14. The molecular weight excluding hydrogens is 320 g/mol. The Bertz CT molecular complexity index is 383. The topological polar surface area (TPSA) is 46.5 Å². The Morgan fingerprint density at radius 2 is 2.20 bits per heavy atom. The van der Waals surface area contributed by atoms with Crippen LogP contribution in [0.3, 0.4) is 0 Å². The lowest BCUT2D eigenvalue weighted by Gasteiger charge is -2.24. The predicted molar refractivity (Wildman–Crippen MR) is 84.6 cm³/mol. The molecule has 0 amide bonds. The molecule has 0 fully saturated rings. The molecule has 0 aliphatic carbocycles. The van der Waals surface area contributed by atoms with Gasteiger partial charge in [0, 0.05) is 12.8 Å². The zero-order valence-corrected chi connectivity index (χ0v) is 13.5. The van der Waals surface area contributed by atoms with Crippen molar-refractivity contribution >= 4 is 21.9 Å². The van der Waals surface area contributed by atoms with E-state index in [0.29, 0.717) is 12.8 Å². The molecular formula is C16H23BrO3. The molecule has 2 atom stereocenters. The van der Waals surface area contributed by atoms with Gasteiger partial charge in [-0.15, -0.1) is 0 Å². The molecule has 1 unspecified atom stereocenters. The number of rotatable bonds is 2. The van der Waals surface area contributed by atoms with E-state index in [9.17, 15) is 9.90 Å². The normalized spacial score (nSPS) is 31.8. The standard InChI is InChI=1S/C16H23BrO3/c1-16(19)11-7-4-2-3-5-10-15(18)20-14(13-16)9-6-8-12-17/h6-9,11-12,14,19H,2-5,10,13H2,1H3/b9-6+,11-7-,12-8+/t14-,16?/m0/s1. The van der Waals surface area contributed by atoms with Crippen LogP contribution in [0.15, 0.2) is 35.4 Å². The van der Waals surface area contributed by atoms with Crippen molar-refractivity contribution in [2.24, 2.45) is 0 Å². The van der Waals surface area contributed by atoms with Crippen molar-refractivity contribution in [2.75, 3.05) is 0 Å². The Hall–Kier alpha value is -0.870. The molecule has 1 aliphatic heterocycles. The van der Waals surface area contributed by atoms with Crippen molar-refractivity contribution in [1.82, 2.24) is 0 Å². The number of hydrogen-bond acceptors (Lipinski definition) is 3. The van der Waals surface area contributed by atoms with Crippen LogP contribution in [0.2, 0.25) is 0 Å². The quantitative estimate of drug-likeness (QED) is 0.468. The van der Waals surface area contributed by atoms with E-state index in [1.807, 2.05) is 12.2 Å². The van der Waals surface area contributed by atoms with Crippen molar-refractivity contribution in [3.05, 3.63) is 35.4 Å². The van der Waals surface area contributed by atoms with Gasteiger partial charge in [-0.2, -0.15) is 0 Å². The average Bonchev–Trinajstić information content (AvgIpc) is 2.36. The van der Waals surface area contributed by atoms with E-state index in [-0.39, 0.29) is 5.97 Å². The molecule has 0 spiro atoms. The van der Waals surface area contributed by atoms with Crippen LogP contribution in [-0.2, 0) is 9.53 Å². The predicted octanol–water partition coefficient (Wildman–Crippen LogP) is 4.02. The Labute approximate surface area is 129 Å². The van der Waals surface area contributed by atoms with Gasteiger partial charge < -0.3 is 9.84 Å². The first kappa shape index (κ1) is 17.2. The summed E-state index contributed by atoms with van der Waals surface area (Å²) < 4.78 is 5.44. The van der Waals surface area contributed by atoms with Gasteiger partial charge in [0.05, 0.1) is 5.60 Å². The fourth-order valence-electron chi connectivity index (χ4n) is 2.13. The molecule has 0 aromatic carbocycles. The van der Waals surface area contributed by atoms with Gasteiger partial charge in [-0.25, -0.2) is 0 Å². The van der Waals surface area contributed by atoms with Gasteiger partial charge in [0.2, 0.25) is 0 Å². The van der Waals surface area contributed by atoms with Gasteiger partial charge in [0.1, 0.15) is 6.10 Å². The molecule has 4 heteroatoms. The summed E-state index contributed by atoms with van der Waals surface area (Å²) in [5, 5.41) is 10.3. The minimum Gasteiger partial charge on any atom is -0.458 e. The minimum atomic E-state index is -0.966. The number of cyclic esters (lactones) is 1. The summed E-state index contributed by atoms with van der Waals surface area (Å²) in [6, 6.07) is 0. The number of esters is 1. The highest BCUT2D eigenvalue weighted by atomic mass is 79.9. The Kier molecular flexibility index (Phi) is 7.85. The van der Waals surface area contributed by atoms with E-state index in [0.717, 1.165) is 25.7 Å². The van der Waals surface area contributed by atoms with E-state index in [4.69, 9.17) is 4.74 Å². The molecule has 0 bridgehead atoms. The average molecular weight is 343 g/mol. The van der Waals surface area contributed by atoms with Gasteiger partial charge in [-0.05, 0) is 37.2 Å². The number of carbonyl (C=O) groups is 1. The Morgan fingerprint density at radius 1 is 1.40 bits per heavy atom. The van der Waals surface area contributed by atoms with Crippen LogP contribution in [0, 0.1) is 0 Å². The first-order chi connectivity index (χ1) is 9.53. The molecule has 1 rings (SSSR count). The molecule has 112 valence electrons. The number of ether oxygens (including phenoxy) is 1. The van der Waals surface area contributed by atoms with Crippen LogP contribution in [0.1, 0.15) is 45.4 Å². The molecule has 1 heterocycles. The molecule has 1 aliphatic rings. The molecule has 0 saturated heterocycles. The highest BCUT2D eigenvalue weighted by molar-refractivity contribution is 9.11. The number of halogens is 1. The Morgan fingerprint density at radius 3 is 2.95 bits per heavy atom. The summed E-state index contributed by atoms with van der Waals surface area (Å²) >= 11 is 3.18. The molecule has 0 aromatic rings. The van der Waals surface area contributed by atoms with Crippen LogP contribution < -0.4 is 0 Å². The smallest absolute Gasteiger partial charge is 0.306 e. The molecule has 0 aromatic heterocycles. The van der Waals surface area contributed by atoms with E-state index >= 15 is 0 Å². The summed E-state index contributed by atoms with van der Waals surface area (Å²) in [6.07, 6.45) is 13.5. The van der Waals surface area contributed by atoms with Crippen molar-refractivity contribution in [2.45, 2.75) is 57.2 Å². The first-order valence-corrected chi connectivity index (χ1v) is 7.98. The van der Waals surface area contributed by atoms with Crippen molar-refractivity contribution in [1.29, 1.82) is 0 Å². The highest BCUT2D eigenvalue weighted by Gasteiger charge is 2.24. The fraction of sp³-hybridized carbons (Fsp3) is 0.562. The van der Waals surface area contributed by atoms with E-state index in [2.05, 4.69) is 15.9 Å². The van der Waals surface area contributed by atoms with Gasteiger partial charge >= 0.3 is 5.97 Å². The van der Waals surface area contributed by atoms with E-state index in [1.165, 1.54) is 0 Å². The SMILES string of the molecule is CC1(O)/C=C\CCCCCC(=O)O[C@@H](/C=C/C=C/Br)C1. The molecule has 0 saturated carbocycles. The van der Waals surface area contributed by atoms with Gasteiger partial charge in [0.15, 0.2) is 0 Å². The van der Waals surface area contributed by atoms with Crippen molar-refractivity contribution in [3.8, 4) is 0 Å². The molecule has 20 heavy (non-hydrogen) atoms. The molecule has 0 radical (unpaired) electrons. The van der Waals surface area contributed by atoms with Crippen molar-refractivity contribution in [3.63, 3.8) is 0 Å². The van der Waals surface area contributed by atoms with E-state index in [1.54, 1.807) is 30.1 Å². The van der Waals surface area contributed by atoms with Crippen LogP contribution in [0.5, 0.6) is 0 Å². The van der Waals surface area contributed by atoms with Crippen LogP contribution >= 0.6 is 15.9 Å². The number of allylic oxidation sites excluding steroid dienone is 3. The number of aliphatic hydroxyl groups is 1. The number of carbonyl (C=O) groups excluding carboxylic acids is 1. The largest absolute Gasteiger partial charge is 0.458 e. The second-order valence-corrected chi connectivity index (χ2v) is 5.82. The fourth-order valence-corrected chi connectivity index (χ4v) is 2.30. The summed E-state index contributed by atoms with van der Waals surface area (Å²) in [5.74, 6) is -0.192. The zero-order valence-electron chi connectivity index (χ0n) is 11.9. The van der Waals surface area contributed by atoms with Gasteiger partial charge in [0.25, 0.3) is 0 Å². The van der Waals surface area contributed by atoms with E-state index < -0.39 is 11.7 Å². The van der Waals surface area contributed by atoms with Crippen LogP contribution in [0.25, 0.3) is 0 Å². The molecule has 3 nitrogen and oxygen atoms in total. The lowest BCUT2D eigenvalue weighted by molar-refractivity contribution is -0.148. The maximum atomic E-state index is 11.8. The zero-order chi connectivity index (χ0) is 14.8. The molecule has 1 N–H and O–H groups in total. The highest BCUT2D eigenvalue weighted by Crippen LogP contribution is 2.20. The summed E-state index contributed by atoms with van der Waals surface area (Å²) in [5.41, 5.74) is -0.966. The van der Waals surface area contributed by atoms with Crippen LogP contribution in [0.4, 0.5) is 0 Å². The first-order valence-electron chi connectivity index (χ1n) is 7.06. The summed E-state index contributed by atoms with van der Waals surface area (Å²) in [4.78, 5) is 13.5. The second kappa shape index (κ2) is 9.14. The minimum absolute atomic E-state index is 0.192. The second-order valence-electron chi connectivity index (χ2n) is 5.29. The third kappa shape index (κ3) is 7.65. The van der Waals surface area contributed by atoms with Gasteiger partial charge in [-0.1, -0.05) is 46.7 Å². The lowest BCUT2D eigenvalue weighted by atomic mass is 9.96. The third-order valence-corrected chi connectivity index (χ3v) is 3.44. The number of hydrogen-bond donors (Lipinski definition) is 1. The van der Waals surface area contributed by atoms with Crippen LogP contribution in [-0.4, -0.2) is 22.8 Å². The summed E-state index contributed by atoms with van der Waals surface area (Å²) in [6.45, 7) is 1.74. The maximum absolute atomic E-state index is 11.8. The van der Waals surface area contributed by atoms with Gasteiger partial charge in [-0.3, -0.25) is 4.79 Å². The Balaban J connectivity index is 2.79. The lowest BCUT2D eigenvalue weighted by Crippen LogP contribution is -2.30.